The van der Waals surface area contributed by atoms with Gasteiger partial charge in [0.05, 0.1) is 0 Å². The summed E-state index contributed by atoms with van der Waals surface area (Å²) in [4.78, 5) is 18.8. The van der Waals surface area contributed by atoms with E-state index >= 15 is 0 Å². The van der Waals surface area contributed by atoms with Gasteiger partial charge in [0.15, 0.2) is 0 Å². The van der Waals surface area contributed by atoms with E-state index in [1.165, 1.54) is 0 Å². The van der Waals surface area contributed by atoms with E-state index in [1.54, 1.807) is 11.0 Å². The van der Waals surface area contributed by atoms with Crippen LogP contribution in [0.1, 0.15) is 6.92 Å². The van der Waals surface area contributed by atoms with E-state index in [2.05, 4.69) is 16.9 Å². The van der Waals surface area contributed by atoms with Crippen molar-refractivity contribution in [3.8, 4) is 0 Å². The molecule has 1 heterocycles. The van der Waals surface area contributed by atoms with Crippen molar-refractivity contribution >= 4 is 17.4 Å². The quantitative estimate of drug-likeness (QED) is 0.727. The maximum absolute atomic E-state index is 10.9. The average Bonchev–Trinajstić information content (AvgIpc) is 2.01. The van der Waals surface area contributed by atoms with Crippen LogP contribution in [0.5, 0.6) is 0 Å². The van der Waals surface area contributed by atoms with Crippen LogP contribution in [0.25, 0.3) is 0 Å². The Labute approximate surface area is 81.6 Å². The summed E-state index contributed by atoms with van der Waals surface area (Å²) in [5.74, 6) is 0.618. The zero-order valence-corrected chi connectivity index (χ0v) is 8.30. The smallest absolute Gasteiger partial charge is 0.347 e. The zero-order chi connectivity index (χ0) is 10.0. The molecule has 0 bridgehead atoms. The molecule has 1 unspecified atom stereocenters. The highest BCUT2D eigenvalue weighted by Gasteiger charge is 2.06. The molecule has 4 nitrogen and oxygen atoms in total. The van der Waals surface area contributed by atoms with Gasteiger partial charge in [0, 0.05) is 19.2 Å². The first-order valence-corrected chi connectivity index (χ1v) is 4.21. The highest BCUT2D eigenvalue weighted by Crippen LogP contribution is 2.12. The van der Waals surface area contributed by atoms with Crippen LogP contribution < -0.4 is 10.6 Å². The molecule has 0 aliphatic heterocycles. The monoisotopic (exact) mass is 200 g/mol. The summed E-state index contributed by atoms with van der Waals surface area (Å²) < 4.78 is 0. The van der Waals surface area contributed by atoms with Crippen molar-refractivity contribution in [1.82, 2.24) is 9.97 Å². The standard InChI is InChI=1S/C8H11ClN3O/c1-5(2)12(3)7-4-6(9)10-8(13)11-7/h4-5H,1H2,2-3H3,(H,10,11,13). The van der Waals surface area contributed by atoms with E-state index in [4.69, 9.17) is 11.6 Å². The SMILES string of the molecule is [CH2]C(C)N(C)c1cc(Cl)nc(=O)[nH]1. The molecule has 0 saturated carbocycles. The number of aromatic amines is 1. The Hall–Kier alpha value is -1.03. The number of halogens is 1. The van der Waals surface area contributed by atoms with Crippen molar-refractivity contribution in [2.75, 3.05) is 11.9 Å². The van der Waals surface area contributed by atoms with E-state index in [0.29, 0.717) is 5.82 Å². The van der Waals surface area contributed by atoms with E-state index in [9.17, 15) is 4.79 Å². The fraction of sp³-hybridized carbons (Fsp3) is 0.375. The number of anilines is 1. The third-order valence-corrected chi connectivity index (χ3v) is 1.93. The Morgan fingerprint density at radius 3 is 2.85 bits per heavy atom. The van der Waals surface area contributed by atoms with Crippen LogP contribution in [-0.4, -0.2) is 23.1 Å². The number of nitrogens with zero attached hydrogens (tertiary/aromatic N) is 2. The maximum Gasteiger partial charge on any atom is 0.347 e. The molecule has 0 aromatic carbocycles. The summed E-state index contributed by atoms with van der Waals surface area (Å²) in [6, 6.07) is 1.64. The number of aromatic nitrogens is 2. The van der Waals surface area contributed by atoms with Crippen molar-refractivity contribution in [1.29, 1.82) is 0 Å². The predicted molar refractivity (Wildman–Crippen MR) is 53.1 cm³/mol. The average molecular weight is 201 g/mol. The molecule has 0 aliphatic rings. The number of hydrogen-bond donors (Lipinski definition) is 1. The molecular formula is C8H11ClN3O. The molecule has 5 heteroatoms. The maximum atomic E-state index is 10.9. The molecule has 1 rings (SSSR count). The van der Waals surface area contributed by atoms with E-state index < -0.39 is 5.69 Å². The van der Waals surface area contributed by atoms with Crippen LogP contribution in [0.3, 0.4) is 0 Å². The number of rotatable bonds is 2. The summed E-state index contributed by atoms with van der Waals surface area (Å²) in [5, 5.41) is 0.186. The molecule has 1 aromatic heterocycles. The number of H-pyrrole nitrogens is 1. The summed E-state index contributed by atoms with van der Waals surface area (Å²) in [6.45, 7) is 5.72. The van der Waals surface area contributed by atoms with Crippen LogP contribution in [0.15, 0.2) is 10.9 Å². The molecule has 0 spiro atoms. The van der Waals surface area contributed by atoms with Crippen molar-refractivity contribution < 1.29 is 0 Å². The third-order valence-electron chi connectivity index (χ3n) is 1.74. The van der Waals surface area contributed by atoms with E-state index in [1.807, 2.05) is 14.0 Å². The van der Waals surface area contributed by atoms with Crippen molar-refractivity contribution in [3.63, 3.8) is 0 Å². The van der Waals surface area contributed by atoms with Gasteiger partial charge in [-0.15, -0.1) is 0 Å². The lowest BCUT2D eigenvalue weighted by atomic mass is 10.3. The van der Waals surface area contributed by atoms with E-state index in [0.717, 1.165) is 0 Å². The van der Waals surface area contributed by atoms with Gasteiger partial charge in [0.1, 0.15) is 11.0 Å². The van der Waals surface area contributed by atoms with Crippen LogP contribution >= 0.6 is 11.6 Å². The van der Waals surface area contributed by atoms with Gasteiger partial charge in [-0.05, 0) is 13.8 Å². The van der Waals surface area contributed by atoms with Gasteiger partial charge in [0.25, 0.3) is 0 Å². The molecule has 1 aromatic rings. The molecule has 1 radical (unpaired) electrons. The minimum atomic E-state index is -0.449. The number of nitrogens with one attached hydrogen (secondary N) is 1. The minimum absolute atomic E-state index is 0.0501. The Morgan fingerprint density at radius 1 is 1.77 bits per heavy atom. The zero-order valence-electron chi connectivity index (χ0n) is 7.54. The molecule has 0 saturated heterocycles. The molecule has 1 N–H and O–H groups in total. The lowest BCUT2D eigenvalue weighted by molar-refractivity contribution is 0.797. The Balaban J connectivity index is 3.08. The van der Waals surface area contributed by atoms with Crippen LogP contribution in [0, 0.1) is 6.92 Å². The first-order valence-electron chi connectivity index (χ1n) is 3.83. The first-order chi connectivity index (χ1) is 6.00. The van der Waals surface area contributed by atoms with Gasteiger partial charge in [0.2, 0.25) is 0 Å². The Bertz CT molecular complexity index is 347. The summed E-state index contributed by atoms with van der Waals surface area (Å²) >= 11 is 5.62. The third kappa shape index (κ3) is 2.45. The van der Waals surface area contributed by atoms with Gasteiger partial charge >= 0.3 is 5.69 Å². The Kier molecular flexibility index (Phi) is 2.93. The predicted octanol–water partition coefficient (Wildman–Crippen LogP) is 1.08. The molecule has 1 atom stereocenters. The molecule has 0 fully saturated rings. The molecule has 0 amide bonds. The van der Waals surface area contributed by atoms with Gasteiger partial charge in [-0.25, -0.2) is 4.79 Å². The Morgan fingerprint density at radius 2 is 2.38 bits per heavy atom. The fourth-order valence-electron chi connectivity index (χ4n) is 0.843. The summed E-state index contributed by atoms with van der Waals surface area (Å²) in [6.07, 6.45) is 0. The number of hydrogen-bond acceptors (Lipinski definition) is 3. The lowest BCUT2D eigenvalue weighted by Gasteiger charge is -2.22. The van der Waals surface area contributed by atoms with Crippen LogP contribution in [0.2, 0.25) is 5.15 Å². The normalized spacial score (nSPS) is 10.5. The lowest BCUT2D eigenvalue weighted by Crippen LogP contribution is -2.29. The summed E-state index contributed by atoms with van der Waals surface area (Å²) in [5.41, 5.74) is -0.449. The van der Waals surface area contributed by atoms with Crippen molar-refractivity contribution in [2.24, 2.45) is 0 Å². The minimum Gasteiger partial charge on any atom is -0.358 e. The molecular weight excluding hydrogens is 190 g/mol. The van der Waals surface area contributed by atoms with Gasteiger partial charge in [-0.2, -0.15) is 4.98 Å². The molecule has 71 valence electrons. The van der Waals surface area contributed by atoms with Crippen molar-refractivity contribution in [2.45, 2.75) is 13.0 Å². The largest absolute Gasteiger partial charge is 0.358 e. The van der Waals surface area contributed by atoms with Gasteiger partial charge in [-0.1, -0.05) is 11.6 Å². The van der Waals surface area contributed by atoms with Gasteiger partial charge < -0.3 is 4.90 Å². The van der Waals surface area contributed by atoms with Gasteiger partial charge in [-0.3, -0.25) is 4.98 Å². The van der Waals surface area contributed by atoms with Crippen LogP contribution in [0.4, 0.5) is 5.82 Å². The first kappa shape index (κ1) is 10.1. The van der Waals surface area contributed by atoms with Crippen molar-refractivity contribution in [3.05, 3.63) is 28.6 Å². The fourth-order valence-corrected chi connectivity index (χ4v) is 1.02. The highest BCUT2D eigenvalue weighted by molar-refractivity contribution is 6.29. The second-order valence-corrected chi connectivity index (χ2v) is 3.24. The van der Waals surface area contributed by atoms with Crippen LogP contribution in [-0.2, 0) is 0 Å². The topological polar surface area (TPSA) is 49.0 Å². The van der Waals surface area contributed by atoms with E-state index in [-0.39, 0.29) is 11.2 Å². The highest BCUT2D eigenvalue weighted by atomic mass is 35.5. The second-order valence-electron chi connectivity index (χ2n) is 2.85. The molecule has 13 heavy (non-hydrogen) atoms. The molecule has 0 aliphatic carbocycles. The summed E-state index contributed by atoms with van der Waals surface area (Å²) in [7, 11) is 1.82. The second kappa shape index (κ2) is 3.79.